The Hall–Kier alpha value is -0.160. The molecule has 0 aromatic heterocycles. The van der Waals surface area contributed by atoms with Gasteiger partial charge >= 0.3 is 0 Å². The standard InChI is InChI=1S/C17H32N2O2/c1-13-3-2-4-17(9-13)21-12-16(20)10-18-14-7-8-19(11-14)15-5-6-15/h13-18,20H,2-12H2,1H3. The third-order valence-electron chi connectivity index (χ3n) is 5.34. The summed E-state index contributed by atoms with van der Waals surface area (Å²) in [6.45, 7) is 5.86. The molecule has 4 nitrogen and oxygen atoms in total. The van der Waals surface area contributed by atoms with Gasteiger partial charge in [-0.3, -0.25) is 4.90 Å². The number of hydrogen-bond acceptors (Lipinski definition) is 4. The summed E-state index contributed by atoms with van der Waals surface area (Å²) in [5, 5.41) is 13.6. The number of ether oxygens (including phenoxy) is 1. The minimum Gasteiger partial charge on any atom is -0.389 e. The molecule has 0 radical (unpaired) electrons. The molecule has 1 aliphatic heterocycles. The van der Waals surface area contributed by atoms with Crippen LogP contribution < -0.4 is 5.32 Å². The molecular weight excluding hydrogens is 264 g/mol. The zero-order chi connectivity index (χ0) is 14.7. The Balaban J connectivity index is 1.27. The van der Waals surface area contributed by atoms with Gasteiger partial charge in [0.2, 0.25) is 0 Å². The highest BCUT2D eigenvalue weighted by atomic mass is 16.5. The molecule has 3 aliphatic rings. The highest BCUT2D eigenvalue weighted by molar-refractivity contribution is 4.92. The maximum atomic E-state index is 10.1. The van der Waals surface area contributed by atoms with Crippen LogP contribution in [0.5, 0.6) is 0 Å². The fourth-order valence-electron chi connectivity index (χ4n) is 3.86. The largest absolute Gasteiger partial charge is 0.389 e. The maximum Gasteiger partial charge on any atom is 0.0897 e. The number of nitrogens with one attached hydrogen (secondary N) is 1. The van der Waals surface area contributed by atoms with Gasteiger partial charge in [-0.1, -0.05) is 19.8 Å². The maximum absolute atomic E-state index is 10.1. The van der Waals surface area contributed by atoms with Crippen LogP contribution in [0.15, 0.2) is 0 Å². The topological polar surface area (TPSA) is 44.7 Å². The van der Waals surface area contributed by atoms with Gasteiger partial charge in [-0.2, -0.15) is 0 Å². The lowest BCUT2D eigenvalue weighted by Gasteiger charge is -2.28. The fraction of sp³-hybridized carbons (Fsp3) is 1.00. The highest BCUT2D eigenvalue weighted by Gasteiger charge is 2.34. The van der Waals surface area contributed by atoms with Crippen LogP contribution in [0.25, 0.3) is 0 Å². The molecule has 0 aromatic rings. The third-order valence-corrected chi connectivity index (χ3v) is 5.34. The Morgan fingerprint density at radius 2 is 2.10 bits per heavy atom. The lowest BCUT2D eigenvalue weighted by atomic mass is 9.89. The summed E-state index contributed by atoms with van der Waals surface area (Å²) in [6, 6.07) is 1.44. The van der Waals surface area contributed by atoms with Crippen LogP contribution in [0.2, 0.25) is 0 Å². The molecule has 2 saturated carbocycles. The second-order valence-electron chi connectivity index (χ2n) is 7.50. The lowest BCUT2D eigenvalue weighted by molar-refractivity contribution is -0.0311. The average Bonchev–Trinajstić information content (AvgIpc) is 3.22. The number of rotatable bonds is 7. The van der Waals surface area contributed by atoms with Gasteiger partial charge in [0.1, 0.15) is 0 Å². The van der Waals surface area contributed by atoms with Crippen molar-refractivity contribution in [3.8, 4) is 0 Å². The quantitative estimate of drug-likeness (QED) is 0.751. The zero-order valence-corrected chi connectivity index (χ0v) is 13.5. The van der Waals surface area contributed by atoms with Crippen molar-refractivity contribution in [1.82, 2.24) is 10.2 Å². The molecule has 0 aromatic carbocycles. The van der Waals surface area contributed by atoms with E-state index < -0.39 is 0 Å². The Morgan fingerprint density at radius 1 is 1.24 bits per heavy atom. The van der Waals surface area contributed by atoms with Crippen molar-refractivity contribution in [2.75, 3.05) is 26.2 Å². The van der Waals surface area contributed by atoms with Gasteiger partial charge in [0, 0.05) is 31.7 Å². The molecule has 122 valence electrons. The van der Waals surface area contributed by atoms with Crippen LogP contribution in [-0.2, 0) is 4.74 Å². The molecule has 1 heterocycles. The first-order chi connectivity index (χ1) is 10.2. The van der Waals surface area contributed by atoms with E-state index in [0.29, 0.717) is 25.3 Å². The van der Waals surface area contributed by atoms with E-state index in [9.17, 15) is 5.11 Å². The van der Waals surface area contributed by atoms with Gasteiger partial charge < -0.3 is 15.2 Å². The van der Waals surface area contributed by atoms with Gasteiger partial charge in [0.15, 0.2) is 0 Å². The van der Waals surface area contributed by atoms with E-state index in [0.717, 1.165) is 12.0 Å². The second-order valence-corrected chi connectivity index (χ2v) is 7.50. The summed E-state index contributed by atoms with van der Waals surface area (Å²) in [5.41, 5.74) is 0. The Labute approximate surface area is 129 Å². The van der Waals surface area contributed by atoms with Crippen LogP contribution >= 0.6 is 0 Å². The summed E-state index contributed by atoms with van der Waals surface area (Å²) >= 11 is 0. The normalized spacial score (nSPS) is 36.0. The molecule has 1 saturated heterocycles. The van der Waals surface area contributed by atoms with Crippen molar-refractivity contribution < 1.29 is 9.84 Å². The van der Waals surface area contributed by atoms with E-state index in [1.165, 1.54) is 58.0 Å². The van der Waals surface area contributed by atoms with Crippen LogP contribution in [0.1, 0.15) is 51.9 Å². The second kappa shape index (κ2) is 7.40. The minimum absolute atomic E-state index is 0.364. The molecule has 0 amide bonds. The minimum atomic E-state index is -0.364. The monoisotopic (exact) mass is 296 g/mol. The molecule has 21 heavy (non-hydrogen) atoms. The van der Waals surface area contributed by atoms with Gasteiger partial charge in [-0.25, -0.2) is 0 Å². The number of hydrogen-bond donors (Lipinski definition) is 2. The SMILES string of the molecule is CC1CCCC(OCC(O)CNC2CCN(C3CC3)C2)C1. The highest BCUT2D eigenvalue weighted by Crippen LogP contribution is 2.29. The molecule has 4 atom stereocenters. The van der Waals surface area contributed by atoms with Crippen LogP contribution in [-0.4, -0.2) is 60.5 Å². The van der Waals surface area contributed by atoms with Crippen LogP contribution in [0.4, 0.5) is 0 Å². The van der Waals surface area contributed by atoms with Gasteiger partial charge in [0.05, 0.1) is 18.8 Å². The first kappa shape index (κ1) is 15.7. The van der Waals surface area contributed by atoms with Crippen molar-refractivity contribution in [2.24, 2.45) is 5.92 Å². The lowest BCUT2D eigenvalue weighted by Crippen LogP contribution is -2.40. The average molecular weight is 296 g/mol. The smallest absolute Gasteiger partial charge is 0.0897 e. The molecule has 0 spiro atoms. The van der Waals surface area contributed by atoms with Gasteiger partial charge in [0.25, 0.3) is 0 Å². The fourth-order valence-corrected chi connectivity index (χ4v) is 3.86. The van der Waals surface area contributed by atoms with Gasteiger partial charge in [-0.05, 0) is 38.0 Å². The third kappa shape index (κ3) is 4.92. The van der Waals surface area contributed by atoms with Gasteiger partial charge in [-0.15, -0.1) is 0 Å². The summed E-state index contributed by atoms with van der Waals surface area (Å²) in [5.74, 6) is 0.783. The number of nitrogens with zero attached hydrogens (tertiary/aromatic N) is 1. The molecule has 4 unspecified atom stereocenters. The van der Waals surface area contributed by atoms with E-state index in [-0.39, 0.29) is 6.10 Å². The molecule has 0 bridgehead atoms. The van der Waals surface area contributed by atoms with Crippen molar-refractivity contribution in [3.05, 3.63) is 0 Å². The zero-order valence-electron chi connectivity index (χ0n) is 13.5. The molecule has 2 aliphatic carbocycles. The Morgan fingerprint density at radius 3 is 2.86 bits per heavy atom. The number of likely N-dealkylation sites (tertiary alicyclic amines) is 1. The first-order valence-corrected chi connectivity index (χ1v) is 8.98. The Bertz CT molecular complexity index is 322. The summed E-state index contributed by atoms with van der Waals surface area (Å²) in [7, 11) is 0. The van der Waals surface area contributed by atoms with E-state index in [1.807, 2.05) is 0 Å². The predicted molar refractivity (Wildman–Crippen MR) is 84.4 cm³/mol. The number of aliphatic hydroxyl groups is 1. The van der Waals surface area contributed by atoms with Crippen molar-refractivity contribution in [3.63, 3.8) is 0 Å². The van der Waals surface area contributed by atoms with Crippen molar-refractivity contribution >= 4 is 0 Å². The summed E-state index contributed by atoms with van der Waals surface area (Å²) in [6.07, 6.45) is 8.97. The van der Waals surface area contributed by atoms with E-state index in [1.54, 1.807) is 0 Å². The van der Waals surface area contributed by atoms with E-state index >= 15 is 0 Å². The summed E-state index contributed by atoms with van der Waals surface area (Å²) < 4.78 is 5.90. The molecule has 2 N–H and O–H groups in total. The summed E-state index contributed by atoms with van der Waals surface area (Å²) in [4.78, 5) is 2.60. The first-order valence-electron chi connectivity index (χ1n) is 8.98. The predicted octanol–water partition coefficient (Wildman–Crippen LogP) is 1.77. The molecule has 4 heteroatoms. The van der Waals surface area contributed by atoms with Crippen molar-refractivity contribution in [1.29, 1.82) is 0 Å². The molecule has 3 fully saturated rings. The molecular formula is C17H32N2O2. The van der Waals surface area contributed by atoms with Crippen molar-refractivity contribution in [2.45, 2.75) is 76.2 Å². The van der Waals surface area contributed by atoms with Crippen LogP contribution in [0.3, 0.4) is 0 Å². The number of aliphatic hydroxyl groups excluding tert-OH is 1. The van der Waals surface area contributed by atoms with E-state index in [2.05, 4.69) is 17.1 Å². The van der Waals surface area contributed by atoms with E-state index in [4.69, 9.17) is 4.74 Å². The van der Waals surface area contributed by atoms with Crippen LogP contribution in [0, 0.1) is 5.92 Å². The molecule has 3 rings (SSSR count). The Kier molecular flexibility index (Phi) is 5.54.